The van der Waals surface area contributed by atoms with E-state index < -0.39 is 22.3 Å². The second-order valence-electron chi connectivity index (χ2n) is 5.31. The van der Waals surface area contributed by atoms with Gasteiger partial charge >= 0.3 is 5.69 Å². The van der Waals surface area contributed by atoms with Crippen LogP contribution in [0.1, 0.15) is 30.1 Å². The molecule has 1 aromatic rings. The van der Waals surface area contributed by atoms with Crippen LogP contribution in [0.25, 0.3) is 0 Å². The summed E-state index contributed by atoms with van der Waals surface area (Å²) in [5.41, 5.74) is -0.591. The lowest BCUT2D eigenvalue weighted by Gasteiger charge is -2.21. The number of nitro benzene ring substituents is 1. The first-order valence-electron chi connectivity index (χ1n) is 6.94. The average Bonchev–Trinajstić information content (AvgIpc) is 2.91. The monoisotopic (exact) mass is 295 g/mol. The number of likely N-dealkylation sites (tertiary alicyclic amines) is 1. The number of hydrogen-bond donors (Lipinski definition) is 1. The average molecular weight is 295 g/mol. The summed E-state index contributed by atoms with van der Waals surface area (Å²) >= 11 is 0. The van der Waals surface area contributed by atoms with Gasteiger partial charge in [-0.15, -0.1) is 0 Å². The van der Waals surface area contributed by atoms with Crippen molar-refractivity contribution >= 4 is 11.6 Å². The number of amides is 1. The molecule has 1 unspecified atom stereocenters. The molecular formula is C14H18FN3O3. The summed E-state index contributed by atoms with van der Waals surface area (Å²) in [5, 5.41) is 13.5. The van der Waals surface area contributed by atoms with E-state index in [1.165, 1.54) is 18.9 Å². The Labute approximate surface area is 122 Å². The van der Waals surface area contributed by atoms with Gasteiger partial charge in [-0.25, -0.2) is 0 Å². The van der Waals surface area contributed by atoms with Crippen molar-refractivity contribution in [2.24, 2.45) is 0 Å². The first-order chi connectivity index (χ1) is 9.97. The van der Waals surface area contributed by atoms with Crippen LogP contribution in [0.5, 0.6) is 0 Å². The summed E-state index contributed by atoms with van der Waals surface area (Å²) in [6.07, 6.45) is 2.34. The molecule has 2 rings (SSSR count). The second-order valence-corrected chi connectivity index (χ2v) is 5.31. The molecule has 1 saturated heterocycles. The molecule has 6 nitrogen and oxygen atoms in total. The highest BCUT2D eigenvalue weighted by Gasteiger charge is 2.20. The Hall–Kier alpha value is -2.02. The zero-order chi connectivity index (χ0) is 15.4. The van der Waals surface area contributed by atoms with Gasteiger partial charge in [0.05, 0.1) is 4.92 Å². The first-order valence-corrected chi connectivity index (χ1v) is 6.94. The summed E-state index contributed by atoms with van der Waals surface area (Å²) in [5.74, 6) is -1.37. The van der Waals surface area contributed by atoms with E-state index in [1.807, 2.05) is 6.92 Å². The molecule has 0 aliphatic carbocycles. The minimum atomic E-state index is -0.943. The van der Waals surface area contributed by atoms with Crippen LogP contribution in [-0.4, -0.2) is 41.4 Å². The Bertz CT molecular complexity index is 544. The molecular weight excluding hydrogens is 277 g/mol. The van der Waals surface area contributed by atoms with Crippen LogP contribution >= 0.6 is 0 Å². The Kier molecular flexibility index (Phi) is 4.85. The smallest absolute Gasteiger partial charge is 0.305 e. The molecule has 0 bridgehead atoms. The minimum absolute atomic E-state index is 0.0697. The van der Waals surface area contributed by atoms with E-state index >= 15 is 0 Å². The molecule has 114 valence electrons. The van der Waals surface area contributed by atoms with Crippen LogP contribution in [0.15, 0.2) is 18.2 Å². The second kappa shape index (κ2) is 6.62. The highest BCUT2D eigenvalue weighted by molar-refractivity contribution is 5.95. The standard InChI is InChI=1S/C14H18FN3O3/c1-10(9-17-6-2-3-7-17)16-14(19)11-4-5-12(15)13(8-11)18(20)21/h4-5,8,10H,2-3,6-7,9H2,1H3,(H,16,19). The van der Waals surface area contributed by atoms with Gasteiger partial charge in [0, 0.05) is 24.2 Å². The van der Waals surface area contributed by atoms with E-state index in [0.717, 1.165) is 31.8 Å². The van der Waals surface area contributed by atoms with E-state index in [9.17, 15) is 19.3 Å². The van der Waals surface area contributed by atoms with Gasteiger partial charge in [-0.3, -0.25) is 14.9 Å². The zero-order valence-corrected chi connectivity index (χ0v) is 11.8. The van der Waals surface area contributed by atoms with E-state index in [0.29, 0.717) is 0 Å². The van der Waals surface area contributed by atoms with E-state index in [4.69, 9.17) is 0 Å². The summed E-state index contributed by atoms with van der Waals surface area (Å²) < 4.78 is 13.2. The molecule has 0 saturated carbocycles. The number of hydrogen-bond acceptors (Lipinski definition) is 4. The van der Waals surface area contributed by atoms with E-state index in [1.54, 1.807) is 0 Å². The van der Waals surface area contributed by atoms with Crippen LogP contribution in [-0.2, 0) is 0 Å². The van der Waals surface area contributed by atoms with Crippen LogP contribution in [0, 0.1) is 15.9 Å². The third-order valence-electron chi connectivity index (χ3n) is 3.51. The molecule has 1 fully saturated rings. The van der Waals surface area contributed by atoms with Crippen LogP contribution < -0.4 is 5.32 Å². The number of carbonyl (C=O) groups is 1. The predicted octanol–water partition coefficient (Wildman–Crippen LogP) is 1.95. The highest BCUT2D eigenvalue weighted by Crippen LogP contribution is 2.18. The van der Waals surface area contributed by atoms with Gasteiger partial charge in [0.1, 0.15) is 0 Å². The number of nitrogens with one attached hydrogen (secondary N) is 1. The Morgan fingerprint density at radius 3 is 2.76 bits per heavy atom. The minimum Gasteiger partial charge on any atom is -0.348 e. The predicted molar refractivity (Wildman–Crippen MR) is 75.7 cm³/mol. The number of benzene rings is 1. The molecule has 1 aliphatic rings. The summed E-state index contributed by atoms with van der Waals surface area (Å²) in [6, 6.07) is 3.09. The molecule has 0 aromatic heterocycles. The lowest BCUT2D eigenvalue weighted by Crippen LogP contribution is -2.41. The molecule has 1 atom stereocenters. The van der Waals surface area contributed by atoms with Gasteiger partial charge in [-0.1, -0.05) is 0 Å². The number of nitro groups is 1. The molecule has 1 aromatic carbocycles. The fourth-order valence-corrected chi connectivity index (χ4v) is 2.50. The van der Waals surface area contributed by atoms with Crippen molar-refractivity contribution in [3.05, 3.63) is 39.7 Å². The van der Waals surface area contributed by atoms with Crippen molar-refractivity contribution in [3.8, 4) is 0 Å². The number of nitrogens with zero attached hydrogens (tertiary/aromatic N) is 2. The first kappa shape index (κ1) is 15.4. The topological polar surface area (TPSA) is 75.5 Å². The molecule has 21 heavy (non-hydrogen) atoms. The quantitative estimate of drug-likeness (QED) is 0.665. The largest absolute Gasteiger partial charge is 0.348 e. The fourth-order valence-electron chi connectivity index (χ4n) is 2.50. The number of halogens is 1. The maximum absolute atomic E-state index is 13.2. The van der Waals surface area contributed by atoms with Crippen LogP contribution in [0.2, 0.25) is 0 Å². The summed E-state index contributed by atoms with van der Waals surface area (Å²) in [4.78, 5) is 24.1. The van der Waals surface area contributed by atoms with Crippen molar-refractivity contribution < 1.29 is 14.1 Å². The number of rotatable bonds is 5. The van der Waals surface area contributed by atoms with Gasteiger partial charge < -0.3 is 10.2 Å². The van der Waals surface area contributed by atoms with Crippen molar-refractivity contribution in [1.82, 2.24) is 10.2 Å². The summed E-state index contributed by atoms with van der Waals surface area (Å²) in [6.45, 7) is 4.69. The highest BCUT2D eigenvalue weighted by atomic mass is 19.1. The van der Waals surface area contributed by atoms with Gasteiger partial charge in [0.15, 0.2) is 0 Å². The molecule has 1 heterocycles. The maximum Gasteiger partial charge on any atom is 0.305 e. The maximum atomic E-state index is 13.2. The van der Waals surface area contributed by atoms with Crippen LogP contribution in [0.3, 0.4) is 0 Å². The van der Waals surface area contributed by atoms with Gasteiger partial charge in [0.2, 0.25) is 5.82 Å². The molecule has 1 aliphatic heterocycles. The van der Waals surface area contributed by atoms with Crippen LogP contribution in [0.4, 0.5) is 10.1 Å². The van der Waals surface area contributed by atoms with Crippen molar-refractivity contribution in [2.45, 2.75) is 25.8 Å². The molecule has 7 heteroatoms. The lowest BCUT2D eigenvalue weighted by atomic mass is 10.1. The third-order valence-corrected chi connectivity index (χ3v) is 3.51. The Balaban J connectivity index is 1.99. The van der Waals surface area contributed by atoms with Gasteiger partial charge in [-0.05, 0) is 45.0 Å². The van der Waals surface area contributed by atoms with Crippen molar-refractivity contribution in [3.63, 3.8) is 0 Å². The van der Waals surface area contributed by atoms with Crippen molar-refractivity contribution in [2.75, 3.05) is 19.6 Å². The third kappa shape index (κ3) is 3.98. The zero-order valence-electron chi connectivity index (χ0n) is 11.8. The molecule has 0 spiro atoms. The Morgan fingerprint density at radius 2 is 2.14 bits per heavy atom. The SMILES string of the molecule is CC(CN1CCCC1)NC(=O)c1ccc(F)c([N+](=O)[O-])c1. The molecule has 1 N–H and O–H groups in total. The summed E-state index contributed by atoms with van der Waals surface area (Å²) in [7, 11) is 0. The normalized spacial score (nSPS) is 16.7. The fraction of sp³-hybridized carbons (Fsp3) is 0.500. The molecule has 0 radical (unpaired) electrons. The number of carbonyl (C=O) groups excluding carboxylic acids is 1. The van der Waals surface area contributed by atoms with Gasteiger partial charge in [0.25, 0.3) is 5.91 Å². The van der Waals surface area contributed by atoms with Gasteiger partial charge in [-0.2, -0.15) is 4.39 Å². The molecule has 1 amide bonds. The van der Waals surface area contributed by atoms with Crippen molar-refractivity contribution in [1.29, 1.82) is 0 Å². The lowest BCUT2D eigenvalue weighted by molar-refractivity contribution is -0.387. The van der Waals surface area contributed by atoms with E-state index in [2.05, 4.69) is 10.2 Å². The Morgan fingerprint density at radius 1 is 1.48 bits per heavy atom. The van der Waals surface area contributed by atoms with E-state index in [-0.39, 0.29) is 11.6 Å².